The molecule has 5 atom stereocenters. The Balaban J connectivity index is 1.42. The normalized spacial score (nSPS) is 21.4. The lowest BCUT2D eigenvalue weighted by molar-refractivity contribution is -0.277. The molecule has 0 saturated carbocycles. The minimum atomic E-state index is -1.94. The van der Waals surface area contributed by atoms with E-state index in [-0.39, 0.29) is 11.1 Å². The van der Waals surface area contributed by atoms with E-state index in [0.29, 0.717) is 0 Å². The highest BCUT2D eigenvalue weighted by Crippen LogP contribution is 2.40. The Morgan fingerprint density at radius 3 is 1.55 bits per heavy atom. The van der Waals surface area contributed by atoms with Crippen LogP contribution in [0, 0.1) is 0 Å². The molecule has 1 fully saturated rings. The average Bonchev–Trinajstić information content (AvgIpc) is 2.97. The van der Waals surface area contributed by atoms with Crippen LogP contribution in [0.3, 0.4) is 0 Å². The largest absolute Gasteiger partial charge is 0.504 e. The van der Waals surface area contributed by atoms with E-state index in [0.717, 1.165) is 36.4 Å². The van der Waals surface area contributed by atoms with Crippen LogP contribution in [0.25, 0.3) is 0 Å². The number of hydrogen-bond acceptors (Lipinski definition) is 17. The Labute approximate surface area is 245 Å². The van der Waals surface area contributed by atoms with Gasteiger partial charge in [0.05, 0.1) is 11.1 Å². The number of phenols is 8. The van der Waals surface area contributed by atoms with E-state index >= 15 is 0 Å². The maximum Gasteiger partial charge on any atom is 0.338 e. The van der Waals surface area contributed by atoms with Crippen molar-refractivity contribution in [3.63, 3.8) is 0 Å². The van der Waals surface area contributed by atoms with E-state index in [1.54, 1.807) is 0 Å². The molecule has 4 rings (SSSR count). The van der Waals surface area contributed by atoms with Gasteiger partial charge in [-0.25, -0.2) is 9.59 Å². The van der Waals surface area contributed by atoms with Gasteiger partial charge in [0.25, 0.3) is 0 Å². The second kappa shape index (κ2) is 12.5. The van der Waals surface area contributed by atoms with E-state index in [1.807, 2.05) is 0 Å². The Hall–Kier alpha value is -5.36. The molecule has 17 heteroatoms. The van der Waals surface area contributed by atoms with Gasteiger partial charge in [-0.2, -0.15) is 0 Å². The number of esters is 2. The fourth-order valence-electron chi connectivity index (χ4n) is 4.04. The zero-order chi connectivity index (χ0) is 32.5. The van der Waals surface area contributed by atoms with Crippen LogP contribution >= 0.6 is 0 Å². The Kier molecular flexibility index (Phi) is 8.95. The van der Waals surface area contributed by atoms with E-state index in [4.69, 9.17) is 18.9 Å². The highest BCUT2D eigenvalue weighted by Gasteiger charge is 2.46. The van der Waals surface area contributed by atoms with E-state index in [9.17, 15) is 65.8 Å². The van der Waals surface area contributed by atoms with Crippen molar-refractivity contribution in [2.75, 3.05) is 6.61 Å². The number of aliphatic hydroxyl groups is 3. The number of ether oxygens (including phenoxy) is 4. The summed E-state index contributed by atoms with van der Waals surface area (Å²) < 4.78 is 20.7. The number of hydrogen-bond donors (Lipinski definition) is 11. The van der Waals surface area contributed by atoms with Gasteiger partial charge >= 0.3 is 11.9 Å². The van der Waals surface area contributed by atoms with Crippen molar-refractivity contribution in [3.05, 3.63) is 53.1 Å². The summed E-state index contributed by atoms with van der Waals surface area (Å²) in [4.78, 5) is 24.6. The molecule has 17 nitrogen and oxygen atoms in total. The minimum absolute atomic E-state index is 0.0181. The minimum Gasteiger partial charge on any atom is -0.504 e. The molecule has 1 heterocycles. The fourth-order valence-corrected chi connectivity index (χ4v) is 4.04. The molecule has 236 valence electrons. The number of carbonyl (C=O) groups is 2. The van der Waals surface area contributed by atoms with Gasteiger partial charge in [0.15, 0.2) is 46.0 Å². The summed E-state index contributed by atoms with van der Waals surface area (Å²) in [6.45, 7) is -1.30. The number of aromatic hydroxyl groups is 8. The van der Waals surface area contributed by atoms with Crippen molar-refractivity contribution in [1.82, 2.24) is 0 Å². The van der Waals surface area contributed by atoms with Gasteiger partial charge in [-0.1, -0.05) is 0 Å². The Bertz CT molecular complexity index is 1500. The summed E-state index contributed by atoms with van der Waals surface area (Å²) in [5.74, 6) is -9.27. The first-order valence-electron chi connectivity index (χ1n) is 12.4. The molecular formula is C27H26O17. The molecule has 5 unspecified atom stereocenters. The lowest BCUT2D eigenvalue weighted by atomic mass is 9.99. The zero-order valence-corrected chi connectivity index (χ0v) is 22.1. The SMILES string of the molecule is O=C(OCc1cc(O)c(OC2OC(COC(=O)c3cc(O)c(O)c(O)c3)C(O)C(O)C2O)c(O)c1)c1cc(O)c(O)c(O)c1. The van der Waals surface area contributed by atoms with Crippen LogP contribution in [0.4, 0.5) is 0 Å². The fraction of sp³-hybridized carbons (Fsp3) is 0.259. The molecule has 11 N–H and O–H groups in total. The molecule has 1 aliphatic heterocycles. The Morgan fingerprint density at radius 2 is 1.07 bits per heavy atom. The third-order valence-electron chi connectivity index (χ3n) is 6.37. The predicted octanol–water partition coefficient (Wildman–Crippen LogP) is -0.268. The van der Waals surface area contributed by atoms with E-state index < -0.39 is 113 Å². The predicted molar refractivity (Wildman–Crippen MR) is 139 cm³/mol. The highest BCUT2D eigenvalue weighted by molar-refractivity contribution is 5.91. The van der Waals surface area contributed by atoms with E-state index in [1.165, 1.54) is 0 Å². The summed E-state index contributed by atoms with van der Waals surface area (Å²) in [7, 11) is 0. The number of phenolic OH excluding ortho intramolecular Hbond substituents is 8. The maximum absolute atomic E-state index is 12.3. The maximum atomic E-state index is 12.3. The third kappa shape index (κ3) is 6.50. The molecule has 0 amide bonds. The molecule has 0 radical (unpaired) electrons. The zero-order valence-electron chi connectivity index (χ0n) is 22.1. The second-order valence-electron chi connectivity index (χ2n) is 9.50. The van der Waals surface area contributed by atoms with Crippen LogP contribution in [0.5, 0.6) is 51.7 Å². The average molecular weight is 622 g/mol. The summed E-state index contributed by atoms with van der Waals surface area (Å²) in [5, 5.41) is 109. The van der Waals surface area contributed by atoms with Crippen molar-refractivity contribution in [1.29, 1.82) is 0 Å². The van der Waals surface area contributed by atoms with Crippen LogP contribution in [-0.4, -0.2) is 105 Å². The molecule has 3 aromatic carbocycles. The number of benzene rings is 3. The molecule has 44 heavy (non-hydrogen) atoms. The lowest BCUT2D eigenvalue weighted by Crippen LogP contribution is -2.60. The van der Waals surface area contributed by atoms with Crippen LogP contribution in [0.15, 0.2) is 36.4 Å². The number of aliphatic hydroxyl groups excluding tert-OH is 3. The van der Waals surface area contributed by atoms with Gasteiger partial charge in [0.1, 0.15) is 37.6 Å². The first-order valence-corrected chi connectivity index (χ1v) is 12.4. The molecule has 0 aromatic heterocycles. The van der Waals surface area contributed by atoms with Crippen LogP contribution < -0.4 is 4.74 Å². The molecule has 3 aromatic rings. The first kappa shape index (κ1) is 31.6. The summed E-state index contributed by atoms with van der Waals surface area (Å²) >= 11 is 0. The van der Waals surface area contributed by atoms with Gasteiger partial charge < -0.3 is 75.1 Å². The summed E-state index contributed by atoms with van der Waals surface area (Å²) in [5.41, 5.74) is -0.698. The molecule has 0 aliphatic carbocycles. The number of carbonyl (C=O) groups excluding carboxylic acids is 2. The quantitative estimate of drug-likeness (QED) is 0.114. The van der Waals surface area contributed by atoms with Crippen LogP contribution in [0.1, 0.15) is 26.3 Å². The van der Waals surface area contributed by atoms with Crippen molar-refractivity contribution >= 4 is 11.9 Å². The number of rotatable bonds is 8. The Morgan fingerprint density at radius 1 is 0.614 bits per heavy atom. The van der Waals surface area contributed by atoms with Gasteiger partial charge in [-0.05, 0) is 42.0 Å². The van der Waals surface area contributed by atoms with Crippen molar-refractivity contribution < 1.29 is 84.7 Å². The highest BCUT2D eigenvalue weighted by atomic mass is 16.7. The van der Waals surface area contributed by atoms with Crippen molar-refractivity contribution in [2.45, 2.75) is 37.3 Å². The molecular weight excluding hydrogens is 596 g/mol. The standard InChI is InChI=1S/C27H26O17/c28-12-3-10(4-13(29)19(12)34)25(39)41-7-9-1-16(32)24(17(33)2-9)44-27-23(38)22(37)21(36)18(43-27)8-42-26(40)11-5-14(30)20(35)15(31)6-11/h1-6,18,21-23,27-38H,7-8H2. The molecule has 0 spiro atoms. The van der Waals surface area contributed by atoms with Crippen LogP contribution in [-0.2, 0) is 20.8 Å². The third-order valence-corrected chi connectivity index (χ3v) is 6.37. The smallest absolute Gasteiger partial charge is 0.338 e. The first-order chi connectivity index (χ1) is 20.7. The topological polar surface area (TPSA) is 294 Å². The molecule has 1 aliphatic rings. The van der Waals surface area contributed by atoms with E-state index in [2.05, 4.69) is 0 Å². The molecule has 0 bridgehead atoms. The summed E-state index contributed by atoms with van der Waals surface area (Å²) in [6.07, 6.45) is -9.09. The van der Waals surface area contributed by atoms with Crippen molar-refractivity contribution in [2.24, 2.45) is 0 Å². The van der Waals surface area contributed by atoms with Gasteiger partial charge in [0.2, 0.25) is 12.0 Å². The van der Waals surface area contributed by atoms with Gasteiger partial charge in [0, 0.05) is 0 Å². The lowest BCUT2D eigenvalue weighted by Gasteiger charge is -2.40. The summed E-state index contributed by atoms with van der Waals surface area (Å²) in [6, 6.07) is 5.24. The second-order valence-corrected chi connectivity index (χ2v) is 9.50. The van der Waals surface area contributed by atoms with Gasteiger partial charge in [-0.3, -0.25) is 0 Å². The molecule has 1 saturated heterocycles. The van der Waals surface area contributed by atoms with Crippen LogP contribution in [0.2, 0.25) is 0 Å². The van der Waals surface area contributed by atoms with Gasteiger partial charge in [-0.15, -0.1) is 0 Å². The monoisotopic (exact) mass is 622 g/mol. The van der Waals surface area contributed by atoms with Crippen molar-refractivity contribution in [3.8, 4) is 51.7 Å².